The standard InChI is InChI=1S/C10H16N3/c1-4-11-6-2-8-13-9-3-7-12(5-1)10(11)13/h1,4-5,10H,2-3,6-9H2/q+1. The molecule has 1 unspecified atom stereocenters. The zero-order valence-corrected chi connectivity index (χ0v) is 7.89. The number of rotatable bonds is 0. The minimum absolute atomic E-state index is 0.549. The highest BCUT2D eigenvalue weighted by Crippen LogP contribution is 2.21. The van der Waals surface area contributed by atoms with Gasteiger partial charge in [-0.25, -0.2) is 9.48 Å². The van der Waals surface area contributed by atoms with Crippen LogP contribution in [0.5, 0.6) is 0 Å². The van der Waals surface area contributed by atoms with Crippen LogP contribution in [0.3, 0.4) is 0 Å². The van der Waals surface area contributed by atoms with E-state index < -0.39 is 0 Å². The summed E-state index contributed by atoms with van der Waals surface area (Å²) in [4.78, 5) is 5.05. The Morgan fingerprint density at radius 3 is 3.08 bits per heavy atom. The molecule has 0 saturated carbocycles. The van der Waals surface area contributed by atoms with Crippen molar-refractivity contribution in [2.24, 2.45) is 0 Å². The highest BCUT2D eigenvalue weighted by atomic mass is 15.5. The predicted octanol–water partition coefficient (Wildman–Crippen LogP) is 0.292. The molecular weight excluding hydrogens is 162 g/mol. The molecule has 0 N–H and O–H groups in total. The lowest BCUT2D eigenvalue weighted by Crippen LogP contribution is -2.61. The van der Waals surface area contributed by atoms with Crippen molar-refractivity contribution in [3.63, 3.8) is 0 Å². The zero-order chi connectivity index (χ0) is 8.67. The molecule has 1 atom stereocenters. The van der Waals surface area contributed by atoms with E-state index in [1.54, 1.807) is 0 Å². The maximum Gasteiger partial charge on any atom is 0.290 e. The van der Waals surface area contributed by atoms with Crippen LogP contribution in [0, 0.1) is 0 Å². The van der Waals surface area contributed by atoms with Gasteiger partial charge >= 0.3 is 0 Å². The first-order valence-corrected chi connectivity index (χ1v) is 5.22. The maximum atomic E-state index is 2.59. The first kappa shape index (κ1) is 7.56. The van der Waals surface area contributed by atoms with E-state index >= 15 is 0 Å². The first-order valence-electron chi connectivity index (χ1n) is 5.22. The first-order chi connectivity index (χ1) is 6.45. The third kappa shape index (κ3) is 1.10. The second kappa shape index (κ2) is 2.84. The Hall–Kier alpha value is -0.830. The third-order valence-corrected chi connectivity index (χ3v) is 3.20. The summed E-state index contributed by atoms with van der Waals surface area (Å²) in [5, 5.41) is 0. The molecule has 3 nitrogen and oxygen atoms in total. The van der Waals surface area contributed by atoms with Gasteiger partial charge in [-0.3, -0.25) is 0 Å². The molecule has 3 heterocycles. The molecule has 3 aliphatic rings. The van der Waals surface area contributed by atoms with E-state index in [0.29, 0.717) is 6.29 Å². The SMILES string of the molecule is C1=CN2CCCN3CCC[N+](=C1)C23. The maximum absolute atomic E-state index is 2.59. The van der Waals surface area contributed by atoms with E-state index in [-0.39, 0.29) is 0 Å². The molecule has 0 spiro atoms. The van der Waals surface area contributed by atoms with Gasteiger partial charge in [0.15, 0.2) is 6.21 Å². The molecule has 0 bridgehead atoms. The molecular formula is C10H16N3+. The molecule has 0 radical (unpaired) electrons. The summed E-state index contributed by atoms with van der Waals surface area (Å²) in [6, 6.07) is 0. The van der Waals surface area contributed by atoms with Crippen molar-refractivity contribution in [2.75, 3.05) is 26.2 Å². The van der Waals surface area contributed by atoms with Gasteiger partial charge in [0, 0.05) is 38.3 Å². The number of hydrogen-bond acceptors (Lipinski definition) is 2. The van der Waals surface area contributed by atoms with Crippen LogP contribution in [0.4, 0.5) is 0 Å². The second-order valence-electron chi connectivity index (χ2n) is 4.06. The van der Waals surface area contributed by atoms with Gasteiger partial charge in [0.2, 0.25) is 0 Å². The largest absolute Gasteiger partial charge is 0.307 e. The van der Waals surface area contributed by atoms with E-state index in [1.807, 2.05) is 0 Å². The van der Waals surface area contributed by atoms with Crippen LogP contribution in [-0.2, 0) is 0 Å². The Balaban J connectivity index is 1.94. The Labute approximate surface area is 78.9 Å². The highest BCUT2D eigenvalue weighted by Gasteiger charge is 2.39. The quantitative estimate of drug-likeness (QED) is 0.493. The summed E-state index contributed by atoms with van der Waals surface area (Å²) in [7, 11) is 0. The Morgan fingerprint density at radius 1 is 1.15 bits per heavy atom. The number of nitrogens with zero attached hydrogens (tertiary/aromatic N) is 3. The highest BCUT2D eigenvalue weighted by molar-refractivity contribution is 5.66. The zero-order valence-electron chi connectivity index (χ0n) is 7.89. The Morgan fingerprint density at radius 2 is 2.08 bits per heavy atom. The van der Waals surface area contributed by atoms with Gasteiger partial charge in [0.1, 0.15) is 6.54 Å². The smallest absolute Gasteiger partial charge is 0.290 e. The van der Waals surface area contributed by atoms with Gasteiger partial charge in [0.25, 0.3) is 6.29 Å². The minimum atomic E-state index is 0.549. The molecule has 0 aromatic heterocycles. The van der Waals surface area contributed by atoms with Gasteiger partial charge in [-0.2, -0.15) is 0 Å². The van der Waals surface area contributed by atoms with Crippen LogP contribution >= 0.6 is 0 Å². The van der Waals surface area contributed by atoms with Gasteiger partial charge in [-0.1, -0.05) is 0 Å². The molecule has 13 heavy (non-hydrogen) atoms. The van der Waals surface area contributed by atoms with Crippen molar-refractivity contribution < 1.29 is 4.58 Å². The molecule has 0 amide bonds. The lowest BCUT2D eigenvalue weighted by molar-refractivity contribution is -0.626. The lowest BCUT2D eigenvalue weighted by Gasteiger charge is -2.43. The second-order valence-corrected chi connectivity index (χ2v) is 4.06. The minimum Gasteiger partial charge on any atom is -0.307 e. The average Bonchev–Trinajstić information content (AvgIpc) is 2.19. The van der Waals surface area contributed by atoms with Gasteiger partial charge in [0.05, 0.1) is 0 Å². The van der Waals surface area contributed by atoms with Crippen molar-refractivity contribution in [3.8, 4) is 0 Å². The molecule has 0 aliphatic carbocycles. The summed E-state index contributed by atoms with van der Waals surface area (Å²) in [6.45, 7) is 5.00. The summed E-state index contributed by atoms with van der Waals surface area (Å²) in [5.74, 6) is 0. The third-order valence-electron chi connectivity index (χ3n) is 3.20. The molecule has 3 heteroatoms. The fraction of sp³-hybridized carbons (Fsp3) is 0.700. The molecule has 3 aliphatic heterocycles. The fourth-order valence-corrected chi connectivity index (χ4v) is 2.66. The molecule has 2 fully saturated rings. The van der Waals surface area contributed by atoms with Crippen LogP contribution in [0.2, 0.25) is 0 Å². The predicted molar refractivity (Wildman–Crippen MR) is 51.6 cm³/mol. The van der Waals surface area contributed by atoms with E-state index in [9.17, 15) is 0 Å². The Kier molecular flexibility index (Phi) is 1.65. The van der Waals surface area contributed by atoms with Gasteiger partial charge in [-0.15, -0.1) is 0 Å². The van der Waals surface area contributed by atoms with E-state index in [4.69, 9.17) is 0 Å². The van der Waals surface area contributed by atoms with E-state index in [0.717, 1.165) is 0 Å². The number of allylic oxidation sites excluding steroid dienone is 1. The van der Waals surface area contributed by atoms with Crippen molar-refractivity contribution in [3.05, 3.63) is 12.3 Å². The summed E-state index contributed by atoms with van der Waals surface area (Å²) >= 11 is 0. The fourth-order valence-electron chi connectivity index (χ4n) is 2.66. The molecule has 3 rings (SSSR count). The van der Waals surface area contributed by atoms with Gasteiger partial charge in [-0.05, 0) is 6.42 Å². The summed E-state index contributed by atoms with van der Waals surface area (Å²) in [6.07, 6.45) is 9.82. The molecule has 0 aromatic carbocycles. The summed E-state index contributed by atoms with van der Waals surface area (Å²) < 4.78 is 2.46. The van der Waals surface area contributed by atoms with E-state index in [2.05, 4.69) is 32.9 Å². The van der Waals surface area contributed by atoms with Crippen LogP contribution in [0.15, 0.2) is 12.3 Å². The van der Waals surface area contributed by atoms with Crippen molar-refractivity contribution in [1.82, 2.24) is 9.80 Å². The Bertz CT molecular complexity index is 267. The van der Waals surface area contributed by atoms with Crippen molar-refractivity contribution in [1.29, 1.82) is 0 Å². The molecule has 2 saturated heterocycles. The van der Waals surface area contributed by atoms with Crippen LogP contribution in [-0.4, -0.2) is 53.1 Å². The monoisotopic (exact) mass is 178 g/mol. The number of hydrogen-bond donors (Lipinski definition) is 0. The van der Waals surface area contributed by atoms with Crippen LogP contribution in [0.25, 0.3) is 0 Å². The van der Waals surface area contributed by atoms with Crippen molar-refractivity contribution >= 4 is 6.21 Å². The van der Waals surface area contributed by atoms with Crippen molar-refractivity contribution in [2.45, 2.75) is 19.1 Å². The topological polar surface area (TPSA) is 9.49 Å². The molecule has 0 aromatic rings. The van der Waals surface area contributed by atoms with Crippen LogP contribution in [0.1, 0.15) is 12.8 Å². The lowest BCUT2D eigenvalue weighted by atomic mass is 10.2. The van der Waals surface area contributed by atoms with E-state index in [1.165, 1.54) is 39.0 Å². The normalized spacial score (nSPS) is 32.8. The van der Waals surface area contributed by atoms with Gasteiger partial charge < -0.3 is 4.90 Å². The average molecular weight is 178 g/mol. The van der Waals surface area contributed by atoms with Crippen LogP contribution < -0.4 is 0 Å². The summed E-state index contributed by atoms with van der Waals surface area (Å²) in [5.41, 5.74) is 0. The molecule has 70 valence electrons.